The Balaban J connectivity index is 3.96. The third-order valence-corrected chi connectivity index (χ3v) is 2.92. The number of aryl methyl sites for hydroxylation is 1. The Hall–Kier alpha value is -2.60. The standard InChI is InChI=1S/C13H5BrN4/c1-8-4-10(13(7-16)18-3)11(14)5-9(8)12(6-15)17-2/h4-5H,1H3/b12-9+,13-10-. The normalized spacial score (nSPS) is 12.3. The van der Waals surface area contributed by atoms with Crippen LogP contribution in [0.4, 0.5) is 0 Å². The van der Waals surface area contributed by atoms with Crippen molar-refractivity contribution in [2.75, 3.05) is 0 Å². The molecule has 0 N–H and O–H groups in total. The lowest BCUT2D eigenvalue weighted by molar-refractivity contribution is 1.34. The van der Waals surface area contributed by atoms with E-state index in [1.54, 1.807) is 19.1 Å². The fourth-order valence-electron chi connectivity index (χ4n) is 1.41. The number of hydrogen-bond acceptors (Lipinski definition) is 2. The third kappa shape index (κ3) is 2.38. The van der Waals surface area contributed by atoms with Crippen molar-refractivity contribution in [2.24, 2.45) is 0 Å². The summed E-state index contributed by atoms with van der Waals surface area (Å²) in [5.74, 6) is 0. The summed E-state index contributed by atoms with van der Waals surface area (Å²) in [6, 6.07) is 6.85. The van der Waals surface area contributed by atoms with E-state index in [0.717, 1.165) is 0 Å². The molecule has 0 saturated carbocycles. The van der Waals surface area contributed by atoms with E-state index in [1.807, 2.05) is 12.1 Å². The largest absolute Gasteiger partial charge is 0.270 e. The van der Waals surface area contributed by atoms with Crippen molar-refractivity contribution in [1.29, 1.82) is 10.5 Å². The molecule has 1 aromatic rings. The SMILES string of the molecule is [C-]#[N+]/C(C#N)=c1/cc(C)/c(=C(\C#N)[N+]#[C-])cc1Br. The summed E-state index contributed by atoms with van der Waals surface area (Å²) < 4.78 is 0.520. The Morgan fingerprint density at radius 1 is 1.11 bits per heavy atom. The molecule has 0 aromatic heterocycles. The zero-order chi connectivity index (χ0) is 13.7. The van der Waals surface area contributed by atoms with Gasteiger partial charge in [0.15, 0.2) is 0 Å². The Kier molecular flexibility index (Phi) is 4.22. The molecule has 0 spiro atoms. The first-order valence-electron chi connectivity index (χ1n) is 4.69. The molecule has 1 rings (SSSR count). The Morgan fingerprint density at radius 3 is 2.06 bits per heavy atom. The molecule has 0 aliphatic heterocycles. The van der Waals surface area contributed by atoms with E-state index < -0.39 is 0 Å². The summed E-state index contributed by atoms with van der Waals surface area (Å²) >= 11 is 3.25. The first-order chi connectivity index (χ1) is 8.58. The summed E-state index contributed by atoms with van der Waals surface area (Å²) in [5.41, 5.74) is 0.635. The van der Waals surface area contributed by atoms with Crippen LogP contribution in [0.2, 0.25) is 0 Å². The predicted molar refractivity (Wildman–Crippen MR) is 69.4 cm³/mol. The molecule has 0 saturated heterocycles. The number of nitrogens with zero attached hydrogens (tertiary/aromatic N) is 4. The highest BCUT2D eigenvalue weighted by atomic mass is 79.9. The number of nitriles is 2. The van der Waals surface area contributed by atoms with Gasteiger partial charge in [0.1, 0.15) is 0 Å². The quantitative estimate of drug-likeness (QED) is 0.686. The fraction of sp³-hybridized carbons (Fsp3) is 0.0769. The Bertz CT molecular complexity index is 690. The average molecular weight is 297 g/mol. The second-order valence-corrected chi connectivity index (χ2v) is 4.15. The van der Waals surface area contributed by atoms with Crippen molar-refractivity contribution in [1.82, 2.24) is 0 Å². The lowest BCUT2D eigenvalue weighted by Crippen LogP contribution is -2.17. The summed E-state index contributed by atoms with van der Waals surface area (Å²) in [5, 5.41) is 18.7. The summed E-state index contributed by atoms with van der Waals surface area (Å²) in [7, 11) is 0. The third-order valence-electron chi connectivity index (χ3n) is 2.26. The lowest BCUT2D eigenvalue weighted by Gasteiger charge is -1.99. The summed E-state index contributed by atoms with van der Waals surface area (Å²) in [4.78, 5) is 6.28. The van der Waals surface area contributed by atoms with Crippen LogP contribution in [0, 0.1) is 42.7 Å². The molecule has 0 bridgehead atoms. The zero-order valence-corrected chi connectivity index (χ0v) is 10.9. The first-order valence-corrected chi connectivity index (χ1v) is 5.48. The van der Waals surface area contributed by atoms with E-state index in [2.05, 4.69) is 25.6 Å². The van der Waals surface area contributed by atoms with Gasteiger partial charge in [-0.05, 0) is 12.1 Å². The van der Waals surface area contributed by atoms with Crippen LogP contribution in [0.1, 0.15) is 5.56 Å². The van der Waals surface area contributed by atoms with E-state index in [9.17, 15) is 0 Å². The molecular weight excluding hydrogens is 292 g/mol. The van der Waals surface area contributed by atoms with Crippen LogP contribution in [0.3, 0.4) is 0 Å². The van der Waals surface area contributed by atoms with Gasteiger partial charge >= 0.3 is 0 Å². The Labute approximate surface area is 112 Å². The molecule has 18 heavy (non-hydrogen) atoms. The molecule has 0 radical (unpaired) electrons. The Morgan fingerprint density at radius 2 is 1.61 bits per heavy atom. The molecule has 0 unspecified atom stereocenters. The van der Waals surface area contributed by atoms with Gasteiger partial charge in [0.2, 0.25) is 0 Å². The second kappa shape index (κ2) is 5.65. The smallest absolute Gasteiger partial charge is 0.226 e. The van der Waals surface area contributed by atoms with Crippen molar-refractivity contribution < 1.29 is 0 Å². The summed E-state index contributed by atoms with van der Waals surface area (Å²) in [6.07, 6.45) is 0. The van der Waals surface area contributed by atoms with Crippen molar-refractivity contribution in [3.8, 4) is 12.1 Å². The molecule has 4 nitrogen and oxygen atoms in total. The fourth-order valence-corrected chi connectivity index (χ4v) is 1.94. The highest BCUT2D eigenvalue weighted by Crippen LogP contribution is 2.06. The maximum Gasteiger partial charge on any atom is 0.270 e. The highest BCUT2D eigenvalue weighted by Gasteiger charge is 2.04. The van der Waals surface area contributed by atoms with Crippen molar-refractivity contribution in [3.63, 3.8) is 0 Å². The maximum absolute atomic E-state index is 8.84. The number of halogens is 1. The van der Waals surface area contributed by atoms with Crippen LogP contribution in [0.5, 0.6) is 0 Å². The van der Waals surface area contributed by atoms with Gasteiger partial charge in [-0.1, -0.05) is 33.6 Å². The van der Waals surface area contributed by atoms with Gasteiger partial charge in [-0.25, -0.2) is 20.2 Å². The van der Waals surface area contributed by atoms with Crippen LogP contribution in [-0.2, 0) is 0 Å². The first kappa shape index (κ1) is 13.5. The van der Waals surface area contributed by atoms with Gasteiger partial charge in [-0.3, -0.25) is 0 Å². The van der Waals surface area contributed by atoms with E-state index in [4.69, 9.17) is 23.7 Å². The predicted octanol–water partition coefficient (Wildman–Crippen LogP) is 1.86. The molecular formula is C13H5BrN4. The number of rotatable bonds is 0. The van der Waals surface area contributed by atoms with Crippen LogP contribution in [0.25, 0.3) is 21.1 Å². The molecule has 1 aromatic carbocycles. The van der Waals surface area contributed by atoms with E-state index in [-0.39, 0.29) is 11.4 Å². The van der Waals surface area contributed by atoms with E-state index in [1.165, 1.54) is 0 Å². The monoisotopic (exact) mass is 296 g/mol. The number of benzene rings is 1. The van der Waals surface area contributed by atoms with Gasteiger partial charge in [0.25, 0.3) is 11.4 Å². The zero-order valence-electron chi connectivity index (χ0n) is 9.32. The molecule has 0 heterocycles. The van der Waals surface area contributed by atoms with Crippen molar-refractivity contribution in [2.45, 2.75) is 6.92 Å². The average Bonchev–Trinajstić information content (AvgIpc) is 2.37. The van der Waals surface area contributed by atoms with Crippen molar-refractivity contribution >= 4 is 27.3 Å². The molecule has 0 fully saturated rings. The number of hydrogen-bond donors (Lipinski definition) is 0. The molecule has 0 aliphatic rings. The minimum Gasteiger partial charge on any atom is -0.226 e. The van der Waals surface area contributed by atoms with E-state index in [0.29, 0.717) is 20.5 Å². The van der Waals surface area contributed by atoms with Crippen LogP contribution in [-0.4, -0.2) is 0 Å². The molecule has 5 heteroatoms. The minimum absolute atomic E-state index is 0.0129. The van der Waals surface area contributed by atoms with Gasteiger partial charge < -0.3 is 0 Å². The van der Waals surface area contributed by atoms with Gasteiger partial charge in [-0.15, -0.1) is 0 Å². The maximum atomic E-state index is 8.84. The van der Waals surface area contributed by atoms with E-state index >= 15 is 0 Å². The molecule has 0 atom stereocenters. The molecule has 0 amide bonds. The lowest BCUT2D eigenvalue weighted by atomic mass is 10.1. The molecule has 84 valence electrons. The second-order valence-electron chi connectivity index (χ2n) is 3.29. The minimum atomic E-state index is -0.0298. The van der Waals surface area contributed by atoms with Gasteiger partial charge in [0.05, 0.1) is 25.3 Å². The van der Waals surface area contributed by atoms with Crippen LogP contribution >= 0.6 is 15.9 Å². The topological polar surface area (TPSA) is 56.3 Å². The highest BCUT2D eigenvalue weighted by molar-refractivity contribution is 9.10. The summed E-state index contributed by atoms with van der Waals surface area (Å²) in [6.45, 7) is 15.6. The van der Waals surface area contributed by atoms with Crippen LogP contribution < -0.4 is 10.4 Å². The molecule has 0 aliphatic carbocycles. The van der Waals surface area contributed by atoms with Crippen LogP contribution in [0.15, 0.2) is 16.6 Å². The van der Waals surface area contributed by atoms with Crippen molar-refractivity contribution in [3.05, 3.63) is 55.4 Å². The van der Waals surface area contributed by atoms with Gasteiger partial charge in [-0.2, -0.15) is 0 Å². The van der Waals surface area contributed by atoms with Gasteiger partial charge in [0, 0.05) is 9.69 Å².